The van der Waals surface area contributed by atoms with E-state index < -0.39 is 23.5 Å². The van der Waals surface area contributed by atoms with E-state index in [4.69, 9.17) is 11.6 Å². The first kappa shape index (κ1) is 15.2. The SMILES string of the molecule is CN1C(=O)c2ccc(C(=O)Nc3ccc(F)cc3Cl)cc2C1=O. The lowest BCUT2D eigenvalue weighted by molar-refractivity contribution is 0.0693. The van der Waals surface area contributed by atoms with Crippen LogP contribution in [0.3, 0.4) is 0 Å². The minimum atomic E-state index is -0.517. The van der Waals surface area contributed by atoms with Gasteiger partial charge < -0.3 is 5.32 Å². The number of fused-ring (bicyclic) bond motifs is 1. The van der Waals surface area contributed by atoms with Crippen molar-refractivity contribution in [2.75, 3.05) is 12.4 Å². The molecule has 0 aliphatic carbocycles. The van der Waals surface area contributed by atoms with Gasteiger partial charge in [-0.1, -0.05) is 11.6 Å². The average Bonchev–Trinajstić information content (AvgIpc) is 2.74. The summed E-state index contributed by atoms with van der Waals surface area (Å²) in [4.78, 5) is 37.0. The molecule has 1 aliphatic rings. The lowest BCUT2D eigenvalue weighted by Gasteiger charge is -2.08. The first-order valence-corrected chi connectivity index (χ1v) is 6.99. The Balaban J connectivity index is 1.90. The summed E-state index contributed by atoms with van der Waals surface area (Å²) < 4.78 is 13.0. The zero-order valence-electron chi connectivity index (χ0n) is 11.9. The Morgan fingerprint density at radius 2 is 1.78 bits per heavy atom. The molecule has 2 aromatic carbocycles. The van der Waals surface area contributed by atoms with E-state index in [1.165, 1.54) is 37.4 Å². The van der Waals surface area contributed by atoms with Gasteiger partial charge in [0.1, 0.15) is 5.82 Å². The van der Waals surface area contributed by atoms with E-state index in [1.807, 2.05) is 0 Å². The third-order valence-corrected chi connectivity index (χ3v) is 3.84. The van der Waals surface area contributed by atoms with Gasteiger partial charge in [0.2, 0.25) is 0 Å². The Morgan fingerprint density at radius 3 is 2.48 bits per heavy atom. The predicted molar refractivity (Wildman–Crippen MR) is 82.2 cm³/mol. The third kappa shape index (κ3) is 2.57. The molecule has 0 unspecified atom stereocenters. The monoisotopic (exact) mass is 332 g/mol. The van der Waals surface area contributed by atoms with Gasteiger partial charge in [-0.15, -0.1) is 0 Å². The van der Waals surface area contributed by atoms with Gasteiger partial charge in [0.05, 0.1) is 21.8 Å². The zero-order chi connectivity index (χ0) is 16.7. The fourth-order valence-electron chi connectivity index (χ4n) is 2.29. The van der Waals surface area contributed by atoms with Crippen LogP contribution < -0.4 is 5.32 Å². The Bertz CT molecular complexity index is 866. The molecule has 1 aliphatic heterocycles. The molecule has 0 spiro atoms. The van der Waals surface area contributed by atoms with Gasteiger partial charge in [0.15, 0.2) is 0 Å². The van der Waals surface area contributed by atoms with E-state index in [9.17, 15) is 18.8 Å². The molecule has 7 heteroatoms. The maximum Gasteiger partial charge on any atom is 0.261 e. The summed E-state index contributed by atoms with van der Waals surface area (Å²) in [5.41, 5.74) is 0.878. The van der Waals surface area contributed by atoms with Gasteiger partial charge in [-0.25, -0.2) is 4.39 Å². The largest absolute Gasteiger partial charge is 0.321 e. The molecular formula is C16H10ClFN2O3. The summed E-state index contributed by atoms with van der Waals surface area (Å²) >= 11 is 5.86. The molecule has 3 amide bonds. The molecule has 0 bridgehead atoms. The van der Waals surface area contributed by atoms with Gasteiger partial charge >= 0.3 is 0 Å². The second-order valence-electron chi connectivity index (χ2n) is 5.01. The van der Waals surface area contributed by atoms with Crippen molar-refractivity contribution in [2.24, 2.45) is 0 Å². The highest BCUT2D eigenvalue weighted by Gasteiger charge is 2.33. The summed E-state index contributed by atoms with van der Waals surface area (Å²) in [5, 5.41) is 2.60. The van der Waals surface area contributed by atoms with Crippen LogP contribution in [0.2, 0.25) is 5.02 Å². The van der Waals surface area contributed by atoms with Crippen LogP contribution in [0.5, 0.6) is 0 Å². The van der Waals surface area contributed by atoms with E-state index in [1.54, 1.807) is 0 Å². The number of rotatable bonds is 2. The molecular weight excluding hydrogens is 323 g/mol. The van der Waals surface area contributed by atoms with E-state index in [0.717, 1.165) is 11.0 Å². The van der Waals surface area contributed by atoms with Gasteiger partial charge in [-0.2, -0.15) is 0 Å². The van der Waals surface area contributed by atoms with Crippen molar-refractivity contribution in [1.82, 2.24) is 4.90 Å². The fourth-order valence-corrected chi connectivity index (χ4v) is 2.50. The van der Waals surface area contributed by atoms with Gasteiger partial charge in [-0.05, 0) is 36.4 Å². The topological polar surface area (TPSA) is 66.5 Å². The van der Waals surface area contributed by atoms with Crippen molar-refractivity contribution >= 4 is 35.0 Å². The highest BCUT2D eigenvalue weighted by molar-refractivity contribution is 6.34. The average molecular weight is 333 g/mol. The van der Waals surface area contributed by atoms with Crippen molar-refractivity contribution in [3.8, 4) is 0 Å². The number of halogens is 2. The Morgan fingerprint density at radius 1 is 1.09 bits per heavy atom. The molecule has 23 heavy (non-hydrogen) atoms. The third-order valence-electron chi connectivity index (χ3n) is 3.53. The summed E-state index contributed by atoms with van der Waals surface area (Å²) in [6, 6.07) is 7.81. The van der Waals surface area contributed by atoms with Crippen LogP contribution in [-0.4, -0.2) is 29.7 Å². The van der Waals surface area contributed by atoms with Crippen molar-refractivity contribution < 1.29 is 18.8 Å². The quantitative estimate of drug-likeness (QED) is 0.860. The van der Waals surface area contributed by atoms with Crippen LogP contribution >= 0.6 is 11.6 Å². The minimum absolute atomic E-state index is 0.0606. The molecule has 0 atom stereocenters. The predicted octanol–water partition coefficient (Wildman–Crippen LogP) is 2.96. The highest BCUT2D eigenvalue weighted by atomic mass is 35.5. The molecule has 0 saturated carbocycles. The maximum absolute atomic E-state index is 13.0. The van der Waals surface area contributed by atoms with E-state index in [2.05, 4.69) is 5.32 Å². The number of anilines is 1. The van der Waals surface area contributed by atoms with Crippen LogP contribution in [0.4, 0.5) is 10.1 Å². The smallest absolute Gasteiger partial charge is 0.261 e. The molecule has 3 rings (SSSR count). The molecule has 5 nitrogen and oxygen atoms in total. The number of carbonyl (C=O) groups is 3. The first-order chi connectivity index (χ1) is 10.9. The number of carbonyl (C=O) groups excluding carboxylic acids is 3. The van der Waals surface area contributed by atoms with Crippen LogP contribution in [0.25, 0.3) is 0 Å². The second kappa shape index (κ2) is 5.48. The van der Waals surface area contributed by atoms with Crippen LogP contribution in [0.1, 0.15) is 31.1 Å². The molecule has 2 aromatic rings. The molecule has 0 saturated heterocycles. The second-order valence-corrected chi connectivity index (χ2v) is 5.42. The van der Waals surface area contributed by atoms with Gasteiger partial charge in [0, 0.05) is 12.6 Å². The normalized spacial score (nSPS) is 13.3. The van der Waals surface area contributed by atoms with Crippen molar-refractivity contribution in [3.05, 3.63) is 63.9 Å². The minimum Gasteiger partial charge on any atom is -0.321 e. The van der Waals surface area contributed by atoms with E-state index in [0.29, 0.717) is 0 Å². The number of hydrogen-bond donors (Lipinski definition) is 1. The van der Waals surface area contributed by atoms with Crippen molar-refractivity contribution in [1.29, 1.82) is 0 Å². The Hall–Kier alpha value is -2.73. The standard InChI is InChI=1S/C16H10ClFN2O3/c1-20-15(22)10-4-2-8(6-11(10)16(20)23)14(21)19-13-5-3-9(18)7-12(13)17/h2-7H,1H3,(H,19,21). The van der Waals surface area contributed by atoms with Crippen LogP contribution in [0.15, 0.2) is 36.4 Å². The Labute approximate surface area is 135 Å². The molecule has 0 aromatic heterocycles. The number of nitrogens with one attached hydrogen (secondary N) is 1. The lowest BCUT2D eigenvalue weighted by atomic mass is 10.1. The summed E-state index contributed by atoms with van der Waals surface area (Å²) in [5.74, 6) is -1.90. The molecule has 1 heterocycles. The van der Waals surface area contributed by atoms with E-state index >= 15 is 0 Å². The number of hydrogen-bond acceptors (Lipinski definition) is 3. The summed E-state index contributed by atoms with van der Waals surface area (Å²) in [6.07, 6.45) is 0. The highest BCUT2D eigenvalue weighted by Crippen LogP contribution is 2.25. The number of nitrogens with zero attached hydrogens (tertiary/aromatic N) is 1. The molecule has 0 fully saturated rings. The van der Waals surface area contributed by atoms with Crippen LogP contribution in [0, 0.1) is 5.82 Å². The van der Waals surface area contributed by atoms with Gasteiger partial charge in [0.25, 0.3) is 17.7 Å². The lowest BCUT2D eigenvalue weighted by Crippen LogP contribution is -2.24. The maximum atomic E-state index is 13.0. The molecule has 116 valence electrons. The summed E-state index contributed by atoms with van der Waals surface area (Å²) in [6.45, 7) is 0. The molecule has 1 N–H and O–H groups in total. The van der Waals surface area contributed by atoms with Gasteiger partial charge in [-0.3, -0.25) is 19.3 Å². The van der Waals surface area contributed by atoms with Crippen molar-refractivity contribution in [2.45, 2.75) is 0 Å². The number of imide groups is 1. The molecule has 0 radical (unpaired) electrons. The first-order valence-electron chi connectivity index (χ1n) is 6.61. The van der Waals surface area contributed by atoms with Crippen LogP contribution in [-0.2, 0) is 0 Å². The van der Waals surface area contributed by atoms with E-state index in [-0.39, 0.29) is 27.4 Å². The number of amides is 3. The summed E-state index contributed by atoms with van der Waals surface area (Å²) in [7, 11) is 1.38. The fraction of sp³-hybridized carbons (Fsp3) is 0.0625. The Kier molecular flexibility index (Phi) is 3.61. The van der Waals surface area contributed by atoms with Crippen molar-refractivity contribution in [3.63, 3.8) is 0 Å². The number of benzene rings is 2. The zero-order valence-corrected chi connectivity index (χ0v) is 12.6.